The molecule has 1 heteroatoms. The number of aliphatic hydroxyl groups is 1. The van der Waals surface area contributed by atoms with Crippen LogP contribution < -0.4 is 0 Å². The van der Waals surface area contributed by atoms with Gasteiger partial charge in [0.05, 0.1) is 6.10 Å². The van der Waals surface area contributed by atoms with E-state index in [1.807, 2.05) is 6.08 Å². The summed E-state index contributed by atoms with van der Waals surface area (Å²) in [7, 11) is 0. The van der Waals surface area contributed by atoms with Crippen LogP contribution in [0.3, 0.4) is 0 Å². The summed E-state index contributed by atoms with van der Waals surface area (Å²) in [6.45, 7) is 0. The first-order valence-corrected chi connectivity index (χ1v) is 4.22. The van der Waals surface area contributed by atoms with Crippen LogP contribution >= 0.6 is 0 Å². The van der Waals surface area contributed by atoms with Crippen LogP contribution in [0.2, 0.25) is 0 Å². The van der Waals surface area contributed by atoms with Gasteiger partial charge >= 0.3 is 0 Å². The van der Waals surface area contributed by atoms with Crippen molar-refractivity contribution in [3.63, 3.8) is 0 Å². The van der Waals surface area contributed by atoms with Crippen molar-refractivity contribution in [1.29, 1.82) is 0 Å². The lowest BCUT2D eigenvalue weighted by atomic mass is 10.0. The van der Waals surface area contributed by atoms with E-state index >= 15 is 0 Å². The quantitative estimate of drug-likeness (QED) is 0.505. The first-order chi connectivity index (χ1) is 4.86. The van der Waals surface area contributed by atoms with Gasteiger partial charge in [0.1, 0.15) is 0 Å². The van der Waals surface area contributed by atoms with Gasteiger partial charge < -0.3 is 5.11 Å². The molecule has 0 spiro atoms. The highest BCUT2D eigenvalue weighted by Gasteiger charge is 2.34. The summed E-state index contributed by atoms with van der Waals surface area (Å²) >= 11 is 0. The van der Waals surface area contributed by atoms with Crippen LogP contribution in [0.25, 0.3) is 0 Å². The Labute approximate surface area is 61.8 Å². The molecule has 0 heterocycles. The van der Waals surface area contributed by atoms with Crippen LogP contribution in [0.1, 0.15) is 25.7 Å². The van der Waals surface area contributed by atoms with Gasteiger partial charge in [0.15, 0.2) is 0 Å². The Morgan fingerprint density at radius 2 is 2.10 bits per heavy atom. The third-order valence-electron chi connectivity index (χ3n) is 2.63. The highest BCUT2D eigenvalue weighted by atomic mass is 16.3. The number of rotatable bonds is 0. The van der Waals surface area contributed by atoms with Gasteiger partial charge in [-0.3, -0.25) is 0 Å². The molecular formula is C9H14O. The average Bonchev–Trinajstić information content (AvgIpc) is 2.59. The van der Waals surface area contributed by atoms with E-state index in [-0.39, 0.29) is 6.10 Å². The number of aliphatic hydroxyl groups excluding tert-OH is 1. The SMILES string of the molecule is O[C@@H]1/C=C\C2CC2CCC1. The van der Waals surface area contributed by atoms with E-state index in [1.54, 1.807) is 0 Å². The van der Waals surface area contributed by atoms with E-state index in [0.717, 1.165) is 18.3 Å². The first kappa shape index (κ1) is 6.41. The highest BCUT2D eigenvalue weighted by molar-refractivity contribution is 5.05. The number of allylic oxidation sites excluding steroid dienone is 1. The minimum absolute atomic E-state index is 0.151. The molecule has 1 nitrogen and oxygen atoms in total. The molecule has 2 unspecified atom stereocenters. The van der Waals surface area contributed by atoms with Crippen LogP contribution in [0, 0.1) is 11.8 Å². The molecule has 3 atom stereocenters. The average molecular weight is 138 g/mol. The normalized spacial score (nSPS) is 48.7. The molecule has 0 aromatic carbocycles. The smallest absolute Gasteiger partial charge is 0.0721 e. The summed E-state index contributed by atoms with van der Waals surface area (Å²) in [5, 5.41) is 9.26. The van der Waals surface area contributed by atoms with E-state index < -0.39 is 0 Å². The van der Waals surface area contributed by atoms with Gasteiger partial charge in [-0.2, -0.15) is 0 Å². The van der Waals surface area contributed by atoms with Gasteiger partial charge in [0.25, 0.3) is 0 Å². The summed E-state index contributed by atoms with van der Waals surface area (Å²) in [5.74, 6) is 1.80. The molecule has 0 aromatic heterocycles. The Balaban J connectivity index is 1.98. The minimum Gasteiger partial charge on any atom is -0.389 e. The largest absolute Gasteiger partial charge is 0.389 e. The zero-order valence-corrected chi connectivity index (χ0v) is 6.16. The molecule has 2 aliphatic rings. The summed E-state index contributed by atoms with van der Waals surface area (Å²) < 4.78 is 0. The fraction of sp³-hybridized carbons (Fsp3) is 0.778. The summed E-state index contributed by atoms with van der Waals surface area (Å²) in [6.07, 6.45) is 8.93. The Bertz CT molecular complexity index is 147. The van der Waals surface area contributed by atoms with Crippen LogP contribution in [0.5, 0.6) is 0 Å². The lowest BCUT2D eigenvalue weighted by Gasteiger charge is -2.07. The Kier molecular flexibility index (Phi) is 1.53. The molecule has 0 bridgehead atoms. The van der Waals surface area contributed by atoms with Crippen molar-refractivity contribution in [1.82, 2.24) is 0 Å². The Hall–Kier alpha value is -0.300. The summed E-state index contributed by atoms with van der Waals surface area (Å²) in [5.41, 5.74) is 0. The fourth-order valence-electron chi connectivity index (χ4n) is 1.80. The van der Waals surface area contributed by atoms with Gasteiger partial charge in [0.2, 0.25) is 0 Å². The third kappa shape index (κ3) is 1.24. The van der Waals surface area contributed by atoms with Gasteiger partial charge in [-0.05, 0) is 31.1 Å². The molecule has 0 aromatic rings. The standard InChI is InChI=1S/C9H14O/c10-9-3-1-2-7-6-8(7)4-5-9/h4-5,7-10H,1-3,6H2/b5-4-/t7?,8?,9-/m0/s1. The minimum atomic E-state index is -0.151. The van der Waals surface area contributed by atoms with Crippen molar-refractivity contribution in [3.05, 3.63) is 12.2 Å². The molecule has 0 radical (unpaired) electrons. The van der Waals surface area contributed by atoms with Gasteiger partial charge in [-0.1, -0.05) is 18.6 Å². The first-order valence-electron chi connectivity index (χ1n) is 4.22. The molecule has 2 aliphatic carbocycles. The van der Waals surface area contributed by atoms with E-state index in [9.17, 15) is 5.11 Å². The van der Waals surface area contributed by atoms with E-state index in [1.165, 1.54) is 19.3 Å². The van der Waals surface area contributed by atoms with Crippen LogP contribution in [0.4, 0.5) is 0 Å². The molecule has 56 valence electrons. The van der Waals surface area contributed by atoms with Crippen LogP contribution in [-0.2, 0) is 0 Å². The molecule has 10 heavy (non-hydrogen) atoms. The topological polar surface area (TPSA) is 20.2 Å². The Morgan fingerprint density at radius 1 is 1.20 bits per heavy atom. The highest BCUT2D eigenvalue weighted by Crippen LogP contribution is 2.44. The molecule has 1 N–H and O–H groups in total. The third-order valence-corrected chi connectivity index (χ3v) is 2.63. The fourth-order valence-corrected chi connectivity index (χ4v) is 1.80. The summed E-state index contributed by atoms with van der Waals surface area (Å²) in [6, 6.07) is 0. The van der Waals surface area contributed by atoms with Crippen molar-refractivity contribution < 1.29 is 5.11 Å². The molecule has 1 fully saturated rings. The Morgan fingerprint density at radius 3 is 3.00 bits per heavy atom. The zero-order valence-electron chi connectivity index (χ0n) is 6.16. The van der Waals surface area contributed by atoms with Crippen LogP contribution in [-0.4, -0.2) is 11.2 Å². The van der Waals surface area contributed by atoms with Crippen molar-refractivity contribution in [2.75, 3.05) is 0 Å². The molecule has 2 rings (SSSR count). The maximum Gasteiger partial charge on any atom is 0.0721 e. The number of fused-ring (bicyclic) bond motifs is 1. The van der Waals surface area contributed by atoms with E-state index in [0.29, 0.717) is 0 Å². The maximum atomic E-state index is 9.26. The summed E-state index contributed by atoms with van der Waals surface area (Å²) in [4.78, 5) is 0. The zero-order chi connectivity index (χ0) is 6.97. The molecular weight excluding hydrogens is 124 g/mol. The number of hydrogen-bond donors (Lipinski definition) is 1. The lowest BCUT2D eigenvalue weighted by Crippen LogP contribution is -2.03. The van der Waals surface area contributed by atoms with Gasteiger partial charge in [-0.15, -0.1) is 0 Å². The molecule has 0 saturated heterocycles. The van der Waals surface area contributed by atoms with Crippen LogP contribution in [0.15, 0.2) is 12.2 Å². The van der Waals surface area contributed by atoms with Gasteiger partial charge in [0, 0.05) is 0 Å². The van der Waals surface area contributed by atoms with E-state index in [4.69, 9.17) is 0 Å². The van der Waals surface area contributed by atoms with Crippen molar-refractivity contribution in [2.45, 2.75) is 31.8 Å². The predicted octanol–water partition coefficient (Wildman–Crippen LogP) is 1.72. The second-order valence-corrected chi connectivity index (χ2v) is 3.54. The molecule has 1 saturated carbocycles. The monoisotopic (exact) mass is 138 g/mol. The molecule has 0 aliphatic heterocycles. The van der Waals surface area contributed by atoms with Gasteiger partial charge in [-0.25, -0.2) is 0 Å². The second kappa shape index (κ2) is 2.39. The van der Waals surface area contributed by atoms with Crippen molar-refractivity contribution >= 4 is 0 Å². The van der Waals surface area contributed by atoms with Crippen molar-refractivity contribution in [2.24, 2.45) is 11.8 Å². The lowest BCUT2D eigenvalue weighted by molar-refractivity contribution is 0.205. The second-order valence-electron chi connectivity index (χ2n) is 3.54. The molecule has 0 amide bonds. The van der Waals surface area contributed by atoms with E-state index in [2.05, 4.69) is 6.08 Å². The van der Waals surface area contributed by atoms with Crippen molar-refractivity contribution in [3.8, 4) is 0 Å². The maximum absolute atomic E-state index is 9.26. The number of hydrogen-bond acceptors (Lipinski definition) is 1. The predicted molar refractivity (Wildman–Crippen MR) is 40.6 cm³/mol.